The molecule has 3 heteroatoms. The second-order valence-electron chi connectivity index (χ2n) is 2.03. The van der Waals surface area contributed by atoms with E-state index in [4.69, 9.17) is 5.11 Å². The Labute approximate surface area is 54.1 Å². The van der Waals surface area contributed by atoms with Crippen molar-refractivity contribution in [2.75, 3.05) is 0 Å². The van der Waals surface area contributed by atoms with Crippen molar-refractivity contribution in [3.8, 4) is 0 Å². The van der Waals surface area contributed by atoms with Crippen LogP contribution in [0.5, 0.6) is 0 Å². The first-order valence-electron chi connectivity index (χ1n) is 2.89. The third kappa shape index (κ3) is 1.85. The molecule has 0 aromatic heterocycles. The van der Waals surface area contributed by atoms with Crippen LogP contribution in [-0.4, -0.2) is 23.6 Å². The van der Waals surface area contributed by atoms with Gasteiger partial charge in [0.1, 0.15) is 0 Å². The minimum atomic E-state index is -0.340. The highest BCUT2D eigenvalue weighted by Crippen LogP contribution is 2.13. The van der Waals surface area contributed by atoms with Gasteiger partial charge in [0.15, 0.2) is 12.4 Å². The topological polar surface area (TPSA) is 45.0 Å². The summed E-state index contributed by atoms with van der Waals surface area (Å²) in [6.07, 6.45) is 4.17. The number of aliphatic hydroxyl groups excluding tert-OH is 1. The van der Waals surface area contributed by atoms with E-state index < -0.39 is 0 Å². The van der Waals surface area contributed by atoms with E-state index in [-0.39, 0.29) is 6.10 Å². The zero-order chi connectivity index (χ0) is 6.69. The number of rotatable bonds is 2. The highest BCUT2D eigenvalue weighted by molar-refractivity contribution is 6.18. The van der Waals surface area contributed by atoms with Gasteiger partial charge in [0.05, 0.1) is 12.5 Å². The zero-order valence-corrected chi connectivity index (χ0v) is 5.28. The first-order chi connectivity index (χ1) is 4.29. The van der Waals surface area contributed by atoms with Gasteiger partial charge in [-0.3, -0.25) is 0 Å². The van der Waals surface area contributed by atoms with Crippen LogP contribution in [0.4, 0.5) is 0 Å². The maximum absolute atomic E-state index is 8.84. The number of aliphatic imine (C=N–C) groups is 2. The highest BCUT2D eigenvalue weighted by Gasteiger charge is 2.17. The van der Waals surface area contributed by atoms with Crippen LogP contribution in [0.1, 0.15) is 13.3 Å². The van der Waals surface area contributed by atoms with Crippen LogP contribution < -0.4 is 0 Å². The van der Waals surface area contributed by atoms with E-state index in [0.717, 1.165) is 0 Å². The average molecular weight is 125 g/mol. The van der Waals surface area contributed by atoms with Crippen molar-refractivity contribution in [3.05, 3.63) is 6.17 Å². The predicted octanol–water partition coefficient (Wildman–Crippen LogP) is 0.402. The van der Waals surface area contributed by atoms with Crippen LogP contribution in [-0.2, 0) is 0 Å². The molecule has 0 aliphatic carbocycles. The molecule has 1 aliphatic heterocycles. The summed E-state index contributed by atoms with van der Waals surface area (Å²) in [7, 11) is 0. The van der Waals surface area contributed by atoms with Gasteiger partial charge < -0.3 is 5.11 Å². The van der Waals surface area contributed by atoms with Gasteiger partial charge in [-0.25, -0.2) is 0 Å². The second kappa shape index (κ2) is 2.64. The van der Waals surface area contributed by atoms with Crippen molar-refractivity contribution in [1.82, 2.24) is 0 Å². The van der Waals surface area contributed by atoms with E-state index in [1.165, 1.54) is 0 Å². The number of nitrogens with zero attached hydrogens (tertiary/aromatic N) is 2. The monoisotopic (exact) mass is 125 g/mol. The largest absolute Gasteiger partial charge is 0.392 e. The molecule has 1 atom stereocenters. The van der Waals surface area contributed by atoms with Crippen LogP contribution >= 0.6 is 0 Å². The Kier molecular flexibility index (Phi) is 1.85. The molecule has 0 aromatic rings. The highest BCUT2D eigenvalue weighted by atomic mass is 16.3. The molecule has 0 saturated carbocycles. The van der Waals surface area contributed by atoms with Gasteiger partial charge in [0.2, 0.25) is 6.17 Å². The molecule has 0 saturated heterocycles. The molecule has 1 N–H and O–H groups in total. The van der Waals surface area contributed by atoms with Crippen LogP contribution in [0.2, 0.25) is 0 Å². The van der Waals surface area contributed by atoms with Crippen LogP contribution in [0.15, 0.2) is 9.98 Å². The Morgan fingerprint density at radius 2 is 2.11 bits per heavy atom. The lowest BCUT2D eigenvalue weighted by molar-refractivity contribution is 0.188. The molecule has 0 bridgehead atoms. The van der Waals surface area contributed by atoms with Gasteiger partial charge in [0, 0.05) is 0 Å². The molecule has 1 heterocycles. The van der Waals surface area contributed by atoms with E-state index in [1.54, 1.807) is 19.4 Å². The summed E-state index contributed by atoms with van der Waals surface area (Å²) in [6.45, 7) is 1.72. The minimum Gasteiger partial charge on any atom is -0.392 e. The molecule has 48 valence electrons. The summed E-state index contributed by atoms with van der Waals surface area (Å²) in [5, 5.41) is 8.84. The lowest BCUT2D eigenvalue weighted by Gasteiger charge is -1.98. The maximum Gasteiger partial charge on any atom is 0.243 e. The number of hydrogen-bond acceptors (Lipinski definition) is 3. The van der Waals surface area contributed by atoms with Crippen molar-refractivity contribution < 1.29 is 5.11 Å². The smallest absolute Gasteiger partial charge is 0.243 e. The van der Waals surface area contributed by atoms with Gasteiger partial charge in [-0.2, -0.15) is 0 Å². The van der Waals surface area contributed by atoms with E-state index in [2.05, 4.69) is 9.98 Å². The maximum atomic E-state index is 8.84. The van der Waals surface area contributed by atoms with Gasteiger partial charge in [-0.15, -0.1) is 0 Å². The quantitative estimate of drug-likeness (QED) is 0.533. The summed E-state index contributed by atoms with van der Waals surface area (Å²) in [4.78, 5) is 7.77. The summed E-state index contributed by atoms with van der Waals surface area (Å²) in [5.41, 5.74) is 0. The number of hydrogen-bond donors (Lipinski definition) is 1. The Balaban J connectivity index is 2.29. The van der Waals surface area contributed by atoms with Gasteiger partial charge >= 0.3 is 0 Å². The molecule has 3 nitrogen and oxygen atoms in total. The average Bonchev–Trinajstić information content (AvgIpc) is 2.15. The second-order valence-corrected chi connectivity index (χ2v) is 2.03. The molecule has 0 spiro atoms. The first-order valence-corrected chi connectivity index (χ1v) is 2.89. The summed E-state index contributed by atoms with van der Waals surface area (Å²) in [5.74, 6) is 0. The Bertz CT molecular complexity index is 128. The van der Waals surface area contributed by atoms with Crippen molar-refractivity contribution >= 4 is 12.4 Å². The summed E-state index contributed by atoms with van der Waals surface area (Å²) < 4.78 is 0. The molecule has 1 rings (SSSR count). The van der Waals surface area contributed by atoms with Crippen molar-refractivity contribution in [2.45, 2.75) is 19.4 Å². The molecular weight excluding hydrogens is 116 g/mol. The standard InChI is InChI=1S/C6H9N2O/c1-5(9)4-6-7-2-3-8-6/h2-3,5,9H,4H2,1H3/q+1. The lowest BCUT2D eigenvalue weighted by atomic mass is 10.2. The molecule has 1 unspecified atom stereocenters. The van der Waals surface area contributed by atoms with E-state index in [1.807, 2.05) is 0 Å². The van der Waals surface area contributed by atoms with Crippen LogP contribution in [0.25, 0.3) is 0 Å². The van der Waals surface area contributed by atoms with Crippen LogP contribution in [0, 0.1) is 6.17 Å². The minimum absolute atomic E-state index is 0.340. The summed E-state index contributed by atoms with van der Waals surface area (Å²) in [6, 6.07) is 0. The molecule has 1 aliphatic rings. The zero-order valence-electron chi connectivity index (χ0n) is 5.28. The van der Waals surface area contributed by atoms with E-state index in [0.29, 0.717) is 12.6 Å². The molecule has 0 aromatic carbocycles. The van der Waals surface area contributed by atoms with Gasteiger partial charge in [0.25, 0.3) is 0 Å². The molecule has 9 heavy (non-hydrogen) atoms. The predicted molar refractivity (Wildman–Crippen MR) is 36.5 cm³/mol. The summed E-state index contributed by atoms with van der Waals surface area (Å²) >= 11 is 0. The molecule has 0 radical (unpaired) electrons. The third-order valence-electron chi connectivity index (χ3n) is 0.992. The lowest BCUT2D eigenvalue weighted by Crippen LogP contribution is -2.02. The van der Waals surface area contributed by atoms with Crippen molar-refractivity contribution in [1.29, 1.82) is 0 Å². The first kappa shape index (κ1) is 6.29. The number of aliphatic hydroxyl groups is 1. The van der Waals surface area contributed by atoms with Gasteiger partial charge in [-0.1, -0.05) is 9.98 Å². The third-order valence-corrected chi connectivity index (χ3v) is 0.992. The van der Waals surface area contributed by atoms with Gasteiger partial charge in [-0.05, 0) is 6.92 Å². The van der Waals surface area contributed by atoms with E-state index >= 15 is 0 Å². The Morgan fingerprint density at radius 3 is 2.56 bits per heavy atom. The normalized spacial score (nSPS) is 19.1. The molecular formula is C6H9N2O+. The fourth-order valence-corrected chi connectivity index (χ4v) is 0.642. The Morgan fingerprint density at radius 1 is 1.56 bits per heavy atom. The fraction of sp³-hybridized carbons (Fsp3) is 0.500. The molecule has 0 amide bonds. The Hall–Kier alpha value is -0.830. The van der Waals surface area contributed by atoms with Crippen molar-refractivity contribution in [2.24, 2.45) is 9.98 Å². The van der Waals surface area contributed by atoms with E-state index in [9.17, 15) is 0 Å². The fourth-order valence-electron chi connectivity index (χ4n) is 0.642. The van der Waals surface area contributed by atoms with Crippen LogP contribution in [0.3, 0.4) is 0 Å². The SMILES string of the molecule is CC(O)C[C+]1N=CC=N1. The molecule has 0 fully saturated rings. The van der Waals surface area contributed by atoms with Crippen molar-refractivity contribution in [3.63, 3.8) is 0 Å².